The summed E-state index contributed by atoms with van der Waals surface area (Å²) < 4.78 is 11.6. The van der Waals surface area contributed by atoms with Crippen molar-refractivity contribution in [2.45, 2.75) is 17.0 Å². The molecule has 126 valence electrons. The third kappa shape index (κ3) is 3.77. The number of methoxy groups -OCH3 is 1. The molecule has 6 nitrogen and oxygen atoms in total. The highest BCUT2D eigenvalue weighted by molar-refractivity contribution is 8.00. The summed E-state index contributed by atoms with van der Waals surface area (Å²) in [5.74, 6) is 0.715. The van der Waals surface area contributed by atoms with Crippen LogP contribution in [-0.2, 0) is 10.5 Å². The second-order valence-corrected chi connectivity index (χ2v) is 7.43. The summed E-state index contributed by atoms with van der Waals surface area (Å²) in [6, 6.07) is 7.66. The molecule has 24 heavy (non-hydrogen) atoms. The highest BCUT2D eigenvalue weighted by Crippen LogP contribution is 2.33. The van der Waals surface area contributed by atoms with Gasteiger partial charge in [0.2, 0.25) is 0 Å². The number of aryl methyl sites for hydroxylation is 1. The molecule has 0 radical (unpaired) electrons. The van der Waals surface area contributed by atoms with Gasteiger partial charge in [0.1, 0.15) is 10.6 Å². The van der Waals surface area contributed by atoms with Crippen molar-refractivity contribution in [1.82, 2.24) is 15.5 Å². The topological polar surface area (TPSA) is 77.2 Å². The number of carbonyl (C=O) groups is 1. The van der Waals surface area contributed by atoms with Crippen molar-refractivity contribution in [3.05, 3.63) is 40.6 Å². The summed E-state index contributed by atoms with van der Waals surface area (Å²) in [7, 11) is 1.60. The van der Waals surface area contributed by atoms with Gasteiger partial charge in [0.05, 0.1) is 6.61 Å². The molecule has 0 unspecified atom stereocenters. The molecule has 3 rings (SSSR count). The average molecular weight is 363 g/mol. The summed E-state index contributed by atoms with van der Waals surface area (Å²) in [4.78, 5) is 12.4. The Morgan fingerprint density at radius 3 is 2.96 bits per heavy atom. The van der Waals surface area contributed by atoms with E-state index in [0.717, 1.165) is 20.3 Å². The first-order valence-corrected chi connectivity index (χ1v) is 9.19. The molecular formula is C16H17N3O3S2. The van der Waals surface area contributed by atoms with E-state index in [2.05, 4.69) is 15.5 Å². The van der Waals surface area contributed by atoms with Gasteiger partial charge in [-0.15, -0.1) is 10.2 Å². The van der Waals surface area contributed by atoms with Gasteiger partial charge in [0.25, 0.3) is 5.91 Å². The van der Waals surface area contributed by atoms with Crippen molar-refractivity contribution < 1.29 is 13.9 Å². The fourth-order valence-corrected chi connectivity index (χ4v) is 4.09. The van der Waals surface area contributed by atoms with Crippen molar-refractivity contribution in [3.8, 4) is 0 Å². The van der Waals surface area contributed by atoms with E-state index >= 15 is 0 Å². The quantitative estimate of drug-likeness (QED) is 0.513. The zero-order chi connectivity index (χ0) is 16.9. The molecule has 3 aromatic rings. The Kier molecular flexibility index (Phi) is 5.49. The minimum absolute atomic E-state index is 0.229. The lowest BCUT2D eigenvalue weighted by molar-refractivity contribution is 0.0910. The Balaban J connectivity index is 1.85. The second kappa shape index (κ2) is 7.78. The van der Waals surface area contributed by atoms with Crippen molar-refractivity contribution in [3.63, 3.8) is 0 Å². The molecule has 0 aliphatic heterocycles. The Morgan fingerprint density at radius 1 is 1.38 bits per heavy atom. The highest BCUT2D eigenvalue weighted by Gasteiger charge is 2.20. The number of rotatable bonds is 7. The molecule has 1 aromatic carbocycles. The van der Waals surface area contributed by atoms with Gasteiger partial charge in [-0.2, -0.15) is 0 Å². The minimum Gasteiger partial charge on any atom is -0.451 e. The first-order valence-electron chi connectivity index (χ1n) is 7.39. The number of thioether (sulfide) groups is 1. The van der Waals surface area contributed by atoms with Gasteiger partial charge in [0.15, 0.2) is 10.1 Å². The molecule has 1 N–H and O–H groups in total. The summed E-state index contributed by atoms with van der Waals surface area (Å²) in [6.07, 6.45) is 0. The van der Waals surface area contributed by atoms with Crippen LogP contribution in [0.1, 0.15) is 21.1 Å². The molecule has 0 saturated carbocycles. The largest absolute Gasteiger partial charge is 0.451 e. The normalized spacial score (nSPS) is 11.1. The number of carbonyl (C=O) groups excluding carboxylic acids is 1. The standard InChI is InChI=1S/C16H17N3O3S2/c1-10-18-19-16(24-10)23-9-12-11-5-3-4-6-13(11)22-14(12)15(20)17-7-8-21-2/h3-6H,7-9H2,1-2H3,(H,17,20). The number of nitrogens with one attached hydrogen (secondary N) is 1. The lowest BCUT2D eigenvalue weighted by Gasteiger charge is -2.04. The van der Waals surface area contributed by atoms with Crippen LogP contribution in [0.3, 0.4) is 0 Å². The number of fused-ring (bicyclic) bond motifs is 1. The Labute approximate surface area is 147 Å². The van der Waals surface area contributed by atoms with Crippen LogP contribution in [0.15, 0.2) is 33.0 Å². The zero-order valence-corrected chi connectivity index (χ0v) is 15.0. The number of hydrogen-bond acceptors (Lipinski definition) is 7. The van der Waals surface area contributed by atoms with Gasteiger partial charge < -0.3 is 14.5 Å². The molecule has 0 saturated heterocycles. The van der Waals surface area contributed by atoms with E-state index in [1.54, 1.807) is 18.9 Å². The number of aromatic nitrogens is 2. The Morgan fingerprint density at radius 2 is 2.21 bits per heavy atom. The maximum Gasteiger partial charge on any atom is 0.287 e. The number of furan rings is 1. The number of benzene rings is 1. The predicted octanol–water partition coefficient (Wildman–Crippen LogP) is 3.26. The van der Waals surface area contributed by atoms with Gasteiger partial charge in [0, 0.05) is 30.4 Å². The van der Waals surface area contributed by atoms with Crippen molar-refractivity contribution >= 4 is 40.0 Å². The number of para-hydroxylation sites is 1. The molecule has 8 heteroatoms. The molecular weight excluding hydrogens is 346 g/mol. The third-order valence-corrected chi connectivity index (χ3v) is 5.34. The smallest absolute Gasteiger partial charge is 0.287 e. The van der Waals surface area contributed by atoms with E-state index in [0.29, 0.717) is 30.2 Å². The molecule has 2 heterocycles. The van der Waals surface area contributed by atoms with Crippen LogP contribution in [0.5, 0.6) is 0 Å². The van der Waals surface area contributed by atoms with Crippen LogP contribution in [0.4, 0.5) is 0 Å². The fraction of sp³-hybridized carbons (Fsp3) is 0.312. The number of nitrogens with zero attached hydrogens (tertiary/aromatic N) is 2. The monoisotopic (exact) mass is 363 g/mol. The van der Waals surface area contributed by atoms with Gasteiger partial charge in [-0.3, -0.25) is 4.79 Å². The Bertz CT molecular complexity index is 844. The van der Waals surface area contributed by atoms with E-state index < -0.39 is 0 Å². The third-order valence-electron chi connectivity index (χ3n) is 3.34. The van der Waals surface area contributed by atoms with E-state index in [1.807, 2.05) is 31.2 Å². The highest BCUT2D eigenvalue weighted by atomic mass is 32.2. The van der Waals surface area contributed by atoms with Crippen molar-refractivity contribution in [2.24, 2.45) is 0 Å². The molecule has 1 amide bonds. The maximum atomic E-state index is 12.4. The summed E-state index contributed by atoms with van der Waals surface area (Å²) >= 11 is 3.09. The number of hydrogen-bond donors (Lipinski definition) is 1. The predicted molar refractivity (Wildman–Crippen MR) is 94.6 cm³/mol. The molecule has 0 spiro atoms. The van der Waals surface area contributed by atoms with E-state index in [-0.39, 0.29) is 5.91 Å². The molecule has 0 aliphatic rings. The second-order valence-electron chi connectivity index (χ2n) is 5.03. The molecule has 0 fully saturated rings. The summed E-state index contributed by atoms with van der Waals surface area (Å²) in [5, 5.41) is 12.8. The minimum atomic E-state index is -0.229. The van der Waals surface area contributed by atoms with Crippen LogP contribution >= 0.6 is 23.1 Å². The summed E-state index contributed by atoms with van der Waals surface area (Å²) in [5.41, 5.74) is 1.58. The first kappa shape index (κ1) is 16.9. The van der Waals surface area contributed by atoms with Crippen molar-refractivity contribution in [1.29, 1.82) is 0 Å². The van der Waals surface area contributed by atoms with Crippen LogP contribution in [-0.4, -0.2) is 36.4 Å². The van der Waals surface area contributed by atoms with Crippen molar-refractivity contribution in [2.75, 3.05) is 20.3 Å². The van der Waals surface area contributed by atoms with Gasteiger partial charge in [-0.1, -0.05) is 41.3 Å². The Hall–Kier alpha value is -1.90. The molecule has 0 atom stereocenters. The molecule has 0 bridgehead atoms. The van der Waals surface area contributed by atoms with Crippen LogP contribution < -0.4 is 5.32 Å². The first-order chi connectivity index (χ1) is 11.7. The van der Waals surface area contributed by atoms with Gasteiger partial charge in [-0.05, 0) is 13.0 Å². The fourth-order valence-electron chi connectivity index (χ4n) is 2.24. The summed E-state index contributed by atoms with van der Waals surface area (Å²) in [6.45, 7) is 2.82. The lowest BCUT2D eigenvalue weighted by atomic mass is 10.1. The van der Waals surface area contributed by atoms with Crippen LogP contribution in [0.25, 0.3) is 11.0 Å². The van der Waals surface area contributed by atoms with E-state index in [4.69, 9.17) is 9.15 Å². The van der Waals surface area contributed by atoms with E-state index in [1.165, 1.54) is 11.3 Å². The SMILES string of the molecule is COCCNC(=O)c1oc2ccccc2c1CSc1nnc(C)s1. The number of amides is 1. The molecule has 2 aromatic heterocycles. The van der Waals surface area contributed by atoms with E-state index in [9.17, 15) is 4.79 Å². The number of ether oxygens (including phenoxy) is 1. The maximum absolute atomic E-state index is 12.4. The van der Waals surface area contributed by atoms with Crippen LogP contribution in [0, 0.1) is 6.92 Å². The van der Waals surface area contributed by atoms with Crippen LogP contribution in [0.2, 0.25) is 0 Å². The lowest BCUT2D eigenvalue weighted by Crippen LogP contribution is -2.27. The van der Waals surface area contributed by atoms with Gasteiger partial charge >= 0.3 is 0 Å². The van der Waals surface area contributed by atoms with Gasteiger partial charge in [-0.25, -0.2) is 0 Å². The molecule has 0 aliphatic carbocycles. The average Bonchev–Trinajstić information content (AvgIpc) is 3.16. The zero-order valence-electron chi connectivity index (χ0n) is 13.4.